The topological polar surface area (TPSA) is 94.8 Å². The van der Waals surface area contributed by atoms with Crippen molar-refractivity contribution in [1.82, 2.24) is 9.97 Å². The summed E-state index contributed by atoms with van der Waals surface area (Å²) < 4.78 is 0. The number of benzene rings is 1. The molecule has 6 nitrogen and oxygen atoms in total. The zero-order valence-electron chi connectivity index (χ0n) is 11.9. The van der Waals surface area contributed by atoms with E-state index in [9.17, 15) is 14.4 Å². The highest BCUT2D eigenvalue weighted by molar-refractivity contribution is 5.92. The van der Waals surface area contributed by atoms with Gasteiger partial charge in [-0.2, -0.15) is 0 Å². The largest absolute Gasteiger partial charge is 0.326 e. The number of carbonyl (C=O) groups excluding carboxylic acids is 1. The molecule has 1 heterocycles. The second-order valence-electron chi connectivity index (χ2n) is 4.79. The monoisotopic (exact) mass is 287 g/mol. The molecule has 21 heavy (non-hydrogen) atoms. The lowest BCUT2D eigenvalue weighted by molar-refractivity contribution is -0.115. The number of carbonyl (C=O) groups is 1. The van der Waals surface area contributed by atoms with E-state index in [0.29, 0.717) is 11.4 Å². The number of amides is 1. The van der Waals surface area contributed by atoms with Gasteiger partial charge in [0.1, 0.15) is 0 Å². The van der Waals surface area contributed by atoms with Crippen LogP contribution in [-0.2, 0) is 17.6 Å². The normalized spacial score (nSPS) is 10.4. The number of hydrogen-bond acceptors (Lipinski definition) is 3. The van der Waals surface area contributed by atoms with E-state index < -0.39 is 11.2 Å². The van der Waals surface area contributed by atoms with Gasteiger partial charge in [-0.3, -0.25) is 14.6 Å². The van der Waals surface area contributed by atoms with Crippen molar-refractivity contribution in [1.29, 1.82) is 0 Å². The Morgan fingerprint density at radius 3 is 2.38 bits per heavy atom. The highest BCUT2D eigenvalue weighted by Gasteiger charge is 2.11. The molecular weight excluding hydrogens is 270 g/mol. The van der Waals surface area contributed by atoms with Crippen molar-refractivity contribution < 1.29 is 4.79 Å². The van der Waals surface area contributed by atoms with Crippen molar-refractivity contribution in [2.24, 2.45) is 0 Å². The van der Waals surface area contributed by atoms with E-state index in [4.69, 9.17) is 0 Å². The second kappa shape index (κ2) is 6.21. The Labute approximate surface area is 121 Å². The van der Waals surface area contributed by atoms with Crippen molar-refractivity contribution in [2.45, 2.75) is 26.7 Å². The van der Waals surface area contributed by atoms with Gasteiger partial charge in [-0.15, -0.1) is 0 Å². The first-order valence-electron chi connectivity index (χ1n) is 6.70. The Morgan fingerprint density at radius 1 is 1.14 bits per heavy atom. The Kier molecular flexibility index (Phi) is 4.37. The Bertz CT molecular complexity index is 757. The number of H-pyrrole nitrogens is 2. The summed E-state index contributed by atoms with van der Waals surface area (Å²) in [4.78, 5) is 39.3. The molecule has 0 saturated heterocycles. The van der Waals surface area contributed by atoms with Crippen molar-refractivity contribution in [3.63, 3.8) is 0 Å². The first kappa shape index (κ1) is 14.8. The fourth-order valence-corrected chi connectivity index (χ4v) is 2.03. The van der Waals surface area contributed by atoms with E-state index in [0.717, 1.165) is 6.42 Å². The summed E-state index contributed by atoms with van der Waals surface area (Å²) in [5.74, 6) is -0.306. The minimum Gasteiger partial charge on any atom is -0.326 e. The summed E-state index contributed by atoms with van der Waals surface area (Å²) in [6, 6.07) is 7.52. The standard InChI is InChI=1S/C15H17N3O3/c1-3-10-4-6-11(7-5-10)17-13(19)8-12-9(2)16-15(21)18-14(12)20/h4-7H,3,8H2,1-2H3,(H,17,19)(H2,16,18,20,21). The molecule has 0 saturated carbocycles. The van der Waals surface area contributed by atoms with Crippen LogP contribution in [0.1, 0.15) is 23.7 Å². The maximum Gasteiger partial charge on any atom is 0.325 e. The third kappa shape index (κ3) is 3.68. The molecule has 0 aliphatic carbocycles. The van der Waals surface area contributed by atoms with Crippen LogP contribution >= 0.6 is 0 Å². The summed E-state index contributed by atoms with van der Waals surface area (Å²) >= 11 is 0. The number of nitrogens with one attached hydrogen (secondary N) is 3. The Balaban J connectivity index is 2.11. The highest BCUT2D eigenvalue weighted by Crippen LogP contribution is 2.10. The van der Waals surface area contributed by atoms with Crippen LogP contribution < -0.4 is 16.6 Å². The maximum absolute atomic E-state index is 12.0. The van der Waals surface area contributed by atoms with E-state index >= 15 is 0 Å². The lowest BCUT2D eigenvalue weighted by Gasteiger charge is -2.07. The molecule has 0 radical (unpaired) electrons. The van der Waals surface area contributed by atoms with Crippen LogP contribution in [0.5, 0.6) is 0 Å². The molecule has 0 bridgehead atoms. The van der Waals surface area contributed by atoms with Crippen LogP contribution in [0.15, 0.2) is 33.9 Å². The molecule has 2 rings (SSSR count). The van der Waals surface area contributed by atoms with E-state index in [1.807, 2.05) is 24.3 Å². The van der Waals surface area contributed by atoms with Gasteiger partial charge in [0.05, 0.1) is 6.42 Å². The number of rotatable bonds is 4. The number of anilines is 1. The average molecular weight is 287 g/mol. The van der Waals surface area contributed by atoms with Gasteiger partial charge < -0.3 is 10.3 Å². The summed E-state index contributed by atoms with van der Waals surface area (Å²) in [6.07, 6.45) is 0.841. The van der Waals surface area contributed by atoms with Crippen molar-refractivity contribution in [3.05, 3.63) is 61.9 Å². The SMILES string of the molecule is CCc1ccc(NC(=O)Cc2c(C)[nH]c(=O)[nH]c2=O)cc1. The fourth-order valence-electron chi connectivity index (χ4n) is 2.03. The molecule has 1 aromatic carbocycles. The minimum atomic E-state index is -0.572. The molecule has 0 spiro atoms. The molecule has 0 unspecified atom stereocenters. The fraction of sp³-hybridized carbons (Fsp3) is 0.267. The third-order valence-corrected chi connectivity index (χ3v) is 3.24. The summed E-state index contributed by atoms with van der Waals surface area (Å²) in [6.45, 7) is 3.65. The van der Waals surface area contributed by atoms with E-state index in [2.05, 4.69) is 22.2 Å². The minimum absolute atomic E-state index is 0.0898. The first-order valence-corrected chi connectivity index (χ1v) is 6.70. The van der Waals surface area contributed by atoms with E-state index in [1.54, 1.807) is 6.92 Å². The molecule has 0 aliphatic rings. The van der Waals surface area contributed by atoms with Crippen molar-refractivity contribution >= 4 is 11.6 Å². The third-order valence-electron chi connectivity index (χ3n) is 3.24. The van der Waals surface area contributed by atoms with Gasteiger partial charge in [-0.1, -0.05) is 19.1 Å². The summed E-state index contributed by atoms with van der Waals surface area (Å²) in [5, 5.41) is 2.73. The van der Waals surface area contributed by atoms with Gasteiger partial charge in [0, 0.05) is 16.9 Å². The molecular formula is C15H17N3O3. The number of aryl methyl sites for hydroxylation is 2. The predicted molar refractivity (Wildman–Crippen MR) is 80.6 cm³/mol. The van der Waals surface area contributed by atoms with Gasteiger partial charge >= 0.3 is 5.69 Å². The van der Waals surface area contributed by atoms with Crippen LogP contribution in [0.3, 0.4) is 0 Å². The van der Waals surface area contributed by atoms with Crippen molar-refractivity contribution in [2.75, 3.05) is 5.32 Å². The molecule has 0 fully saturated rings. The molecule has 3 N–H and O–H groups in total. The lowest BCUT2D eigenvalue weighted by Crippen LogP contribution is -2.29. The number of aromatic amines is 2. The molecule has 0 atom stereocenters. The number of hydrogen-bond donors (Lipinski definition) is 3. The van der Waals surface area contributed by atoms with E-state index in [1.165, 1.54) is 5.56 Å². The van der Waals surface area contributed by atoms with Gasteiger partial charge in [0.25, 0.3) is 5.56 Å². The van der Waals surface area contributed by atoms with Crippen LogP contribution in [0, 0.1) is 6.92 Å². The molecule has 1 aromatic heterocycles. The van der Waals surface area contributed by atoms with Gasteiger partial charge in [0.2, 0.25) is 5.91 Å². The molecule has 6 heteroatoms. The van der Waals surface area contributed by atoms with E-state index in [-0.39, 0.29) is 17.9 Å². The first-order chi connectivity index (χ1) is 9.99. The predicted octanol–water partition coefficient (Wildman–Crippen LogP) is 1.12. The smallest absolute Gasteiger partial charge is 0.325 e. The molecule has 1 amide bonds. The van der Waals surface area contributed by atoms with Crippen LogP contribution in [0.2, 0.25) is 0 Å². The maximum atomic E-state index is 12.0. The lowest BCUT2D eigenvalue weighted by atomic mass is 10.1. The average Bonchev–Trinajstić information content (AvgIpc) is 2.43. The zero-order chi connectivity index (χ0) is 15.4. The zero-order valence-corrected chi connectivity index (χ0v) is 11.9. The Hall–Kier alpha value is -2.63. The molecule has 110 valence electrons. The quantitative estimate of drug-likeness (QED) is 0.786. The second-order valence-corrected chi connectivity index (χ2v) is 4.79. The number of aromatic nitrogens is 2. The van der Waals surface area contributed by atoms with Crippen LogP contribution in [0.25, 0.3) is 0 Å². The summed E-state index contributed by atoms with van der Waals surface area (Å²) in [5.41, 5.74) is 1.42. The van der Waals surface area contributed by atoms with Crippen molar-refractivity contribution in [3.8, 4) is 0 Å². The Morgan fingerprint density at radius 2 is 1.81 bits per heavy atom. The van der Waals surface area contributed by atoms with Crippen LogP contribution in [0.4, 0.5) is 5.69 Å². The van der Waals surface area contributed by atoms with Gasteiger partial charge in [-0.25, -0.2) is 4.79 Å². The van der Waals surface area contributed by atoms with Crippen LogP contribution in [-0.4, -0.2) is 15.9 Å². The van der Waals surface area contributed by atoms with Gasteiger partial charge in [0.15, 0.2) is 0 Å². The molecule has 2 aromatic rings. The molecule has 0 aliphatic heterocycles. The summed E-state index contributed by atoms with van der Waals surface area (Å²) in [7, 11) is 0. The highest BCUT2D eigenvalue weighted by atomic mass is 16.2. The van der Waals surface area contributed by atoms with Gasteiger partial charge in [-0.05, 0) is 31.0 Å².